The average Bonchev–Trinajstić information content (AvgIpc) is 2.08. The maximum Gasteiger partial charge on any atom is 0.0104 e. The van der Waals surface area contributed by atoms with Crippen molar-refractivity contribution in [3.8, 4) is 0 Å². The van der Waals surface area contributed by atoms with Crippen LogP contribution in [0.5, 0.6) is 0 Å². The molecule has 1 saturated heterocycles. The molecular weight excluding hydrogens is 126 g/mol. The van der Waals surface area contributed by atoms with Gasteiger partial charge in [-0.3, -0.25) is 0 Å². The van der Waals surface area contributed by atoms with E-state index in [0.29, 0.717) is 6.54 Å². The summed E-state index contributed by atoms with van der Waals surface area (Å²) in [4.78, 5) is 0. The number of hydrogen-bond donors (Lipinski definition) is 3. The maximum atomic E-state index is 4.91. The molecule has 0 aromatic heterocycles. The molecule has 10 heavy (non-hydrogen) atoms. The van der Waals surface area contributed by atoms with E-state index >= 15 is 0 Å². The second kappa shape index (κ2) is 8.62. The van der Waals surface area contributed by atoms with Gasteiger partial charge in [-0.1, -0.05) is 6.08 Å². The molecule has 60 valence electrons. The third kappa shape index (κ3) is 7.62. The number of nitrogens with two attached hydrogens (primary N) is 1. The molecule has 0 unspecified atom stereocenters. The molecular formula is C7H17N3. The van der Waals surface area contributed by atoms with Gasteiger partial charge in [0.2, 0.25) is 0 Å². The number of nitrogens with one attached hydrogen (secondary N) is 2. The Kier molecular flexibility index (Phi) is 8.29. The van der Waals surface area contributed by atoms with Crippen LogP contribution in [0.2, 0.25) is 0 Å². The van der Waals surface area contributed by atoms with Gasteiger partial charge >= 0.3 is 0 Å². The van der Waals surface area contributed by atoms with E-state index in [9.17, 15) is 0 Å². The highest BCUT2D eigenvalue weighted by Gasteiger charge is 1.91. The highest BCUT2D eigenvalue weighted by atomic mass is 15.0. The van der Waals surface area contributed by atoms with Gasteiger partial charge in [0.05, 0.1) is 0 Å². The summed E-state index contributed by atoms with van der Waals surface area (Å²) in [5, 5.41) is 6.44. The molecule has 1 fully saturated rings. The molecule has 0 radical (unpaired) electrons. The fourth-order valence-corrected chi connectivity index (χ4v) is 0.604. The molecule has 1 aliphatic heterocycles. The smallest absolute Gasteiger partial charge is 0.0104 e. The Hall–Kier alpha value is -0.380. The van der Waals surface area contributed by atoms with E-state index in [0.717, 1.165) is 26.2 Å². The quantitative estimate of drug-likeness (QED) is 0.426. The zero-order chi connectivity index (χ0) is 7.66. The van der Waals surface area contributed by atoms with Crippen molar-refractivity contribution in [1.82, 2.24) is 10.6 Å². The first kappa shape index (κ1) is 9.62. The Morgan fingerprint density at radius 1 is 1.20 bits per heavy atom. The minimum absolute atomic E-state index is 0.583. The topological polar surface area (TPSA) is 50.1 Å². The first-order chi connectivity index (χ1) is 4.91. The van der Waals surface area contributed by atoms with E-state index in [-0.39, 0.29) is 0 Å². The first-order valence-electron chi connectivity index (χ1n) is 3.64. The average molecular weight is 143 g/mol. The lowest BCUT2D eigenvalue weighted by Crippen LogP contribution is -2.39. The fourth-order valence-electron chi connectivity index (χ4n) is 0.604. The summed E-state index contributed by atoms with van der Waals surface area (Å²) in [5.74, 6) is 0. The maximum absolute atomic E-state index is 4.91. The van der Waals surface area contributed by atoms with Gasteiger partial charge in [-0.05, 0) is 0 Å². The Morgan fingerprint density at radius 2 is 1.50 bits per heavy atom. The van der Waals surface area contributed by atoms with Crippen LogP contribution in [0.25, 0.3) is 0 Å². The van der Waals surface area contributed by atoms with Crippen molar-refractivity contribution in [2.45, 2.75) is 0 Å². The fraction of sp³-hybridized carbons (Fsp3) is 0.714. The van der Waals surface area contributed by atoms with Crippen LogP contribution in [0.3, 0.4) is 0 Å². The standard InChI is InChI=1S/C4H10N2.C3H7N/c1-2-6-4-3-5-1;1-2-3-4/h5-6H,1-4H2;2H,1,3-4H2. The van der Waals surface area contributed by atoms with E-state index in [1.54, 1.807) is 6.08 Å². The highest BCUT2D eigenvalue weighted by Crippen LogP contribution is 1.65. The normalized spacial score (nSPS) is 16.9. The van der Waals surface area contributed by atoms with Gasteiger partial charge in [0.15, 0.2) is 0 Å². The van der Waals surface area contributed by atoms with Crippen LogP contribution in [-0.2, 0) is 0 Å². The van der Waals surface area contributed by atoms with Crippen LogP contribution in [-0.4, -0.2) is 32.7 Å². The van der Waals surface area contributed by atoms with E-state index in [1.165, 1.54) is 0 Å². The van der Waals surface area contributed by atoms with Crippen molar-refractivity contribution >= 4 is 0 Å². The predicted molar refractivity (Wildman–Crippen MR) is 45.0 cm³/mol. The zero-order valence-corrected chi connectivity index (χ0v) is 6.40. The summed E-state index contributed by atoms with van der Waals surface area (Å²) < 4.78 is 0. The Balaban J connectivity index is 0.000000180. The molecule has 0 aromatic carbocycles. The summed E-state index contributed by atoms with van der Waals surface area (Å²) in [6, 6.07) is 0. The molecule has 1 heterocycles. The lowest BCUT2D eigenvalue weighted by molar-refractivity contribution is 0.534. The van der Waals surface area contributed by atoms with Crippen LogP contribution in [0.4, 0.5) is 0 Å². The molecule has 1 aliphatic rings. The molecule has 0 spiro atoms. The van der Waals surface area contributed by atoms with Crippen LogP contribution in [0.1, 0.15) is 0 Å². The lowest BCUT2D eigenvalue weighted by atomic mass is 10.4. The van der Waals surface area contributed by atoms with E-state index in [4.69, 9.17) is 5.73 Å². The van der Waals surface area contributed by atoms with Gasteiger partial charge < -0.3 is 16.4 Å². The highest BCUT2D eigenvalue weighted by molar-refractivity contribution is 4.64. The van der Waals surface area contributed by atoms with Gasteiger partial charge in [-0.25, -0.2) is 0 Å². The van der Waals surface area contributed by atoms with Crippen LogP contribution >= 0.6 is 0 Å². The van der Waals surface area contributed by atoms with Crippen LogP contribution in [0.15, 0.2) is 12.7 Å². The number of rotatable bonds is 1. The molecule has 0 bridgehead atoms. The van der Waals surface area contributed by atoms with Gasteiger partial charge in [0.1, 0.15) is 0 Å². The van der Waals surface area contributed by atoms with Crippen molar-refractivity contribution < 1.29 is 0 Å². The SMILES string of the molecule is C1CNCCN1.C=CCN. The summed E-state index contributed by atoms with van der Waals surface area (Å²) in [6.07, 6.45) is 1.65. The molecule has 0 aromatic rings. The van der Waals surface area contributed by atoms with Gasteiger partial charge in [-0.2, -0.15) is 0 Å². The zero-order valence-electron chi connectivity index (χ0n) is 6.40. The third-order valence-corrected chi connectivity index (χ3v) is 1.12. The molecule has 4 N–H and O–H groups in total. The van der Waals surface area contributed by atoms with E-state index < -0.39 is 0 Å². The third-order valence-electron chi connectivity index (χ3n) is 1.12. The second-order valence-electron chi connectivity index (χ2n) is 2.02. The largest absolute Gasteiger partial charge is 0.327 e. The van der Waals surface area contributed by atoms with Gasteiger partial charge in [-0.15, -0.1) is 6.58 Å². The molecule has 3 nitrogen and oxygen atoms in total. The minimum Gasteiger partial charge on any atom is -0.327 e. The molecule has 0 amide bonds. The first-order valence-corrected chi connectivity index (χ1v) is 3.64. The Bertz CT molecular complexity index is 57.7. The van der Waals surface area contributed by atoms with E-state index in [1.807, 2.05) is 0 Å². The van der Waals surface area contributed by atoms with Crippen LogP contribution < -0.4 is 16.4 Å². The summed E-state index contributed by atoms with van der Waals surface area (Å²) in [6.45, 7) is 8.49. The number of piperazine rings is 1. The molecule has 0 saturated carbocycles. The Labute approximate surface area is 62.7 Å². The van der Waals surface area contributed by atoms with Crippen LogP contribution in [0, 0.1) is 0 Å². The molecule has 1 rings (SSSR count). The predicted octanol–water partition coefficient (Wildman–Crippen LogP) is -0.690. The van der Waals surface area contributed by atoms with Crippen molar-refractivity contribution in [3.63, 3.8) is 0 Å². The van der Waals surface area contributed by atoms with Gasteiger partial charge in [0.25, 0.3) is 0 Å². The molecule has 0 aliphatic carbocycles. The molecule has 3 heteroatoms. The summed E-state index contributed by atoms with van der Waals surface area (Å²) >= 11 is 0. The van der Waals surface area contributed by atoms with Crippen molar-refractivity contribution in [2.24, 2.45) is 5.73 Å². The second-order valence-corrected chi connectivity index (χ2v) is 2.02. The van der Waals surface area contributed by atoms with Crippen molar-refractivity contribution in [2.75, 3.05) is 32.7 Å². The monoisotopic (exact) mass is 143 g/mol. The lowest BCUT2D eigenvalue weighted by Gasteiger charge is -2.11. The summed E-state index contributed by atoms with van der Waals surface area (Å²) in [7, 11) is 0. The minimum atomic E-state index is 0.583. The van der Waals surface area contributed by atoms with Crippen molar-refractivity contribution in [1.29, 1.82) is 0 Å². The molecule has 0 atom stereocenters. The van der Waals surface area contributed by atoms with E-state index in [2.05, 4.69) is 17.2 Å². The number of hydrogen-bond acceptors (Lipinski definition) is 3. The van der Waals surface area contributed by atoms with Crippen molar-refractivity contribution in [3.05, 3.63) is 12.7 Å². The Morgan fingerprint density at radius 3 is 1.60 bits per heavy atom. The van der Waals surface area contributed by atoms with Gasteiger partial charge in [0, 0.05) is 32.7 Å². The summed E-state index contributed by atoms with van der Waals surface area (Å²) in [5.41, 5.74) is 4.91.